The topological polar surface area (TPSA) is 37.3 Å². The second-order valence-corrected chi connectivity index (χ2v) is 9.67. The molecule has 1 aliphatic carbocycles. The van der Waals surface area contributed by atoms with Crippen molar-refractivity contribution in [3.05, 3.63) is 63.3 Å². The van der Waals surface area contributed by atoms with Crippen LogP contribution in [0.5, 0.6) is 0 Å². The van der Waals surface area contributed by atoms with Crippen LogP contribution in [0.2, 0.25) is 10.0 Å². The molecule has 0 saturated heterocycles. The van der Waals surface area contributed by atoms with E-state index in [1.807, 2.05) is 58.0 Å². The summed E-state index contributed by atoms with van der Waals surface area (Å²) in [5.41, 5.74) is 3.13. The Hall–Kier alpha value is -1.77. The average Bonchev–Trinajstić information content (AvgIpc) is 2.62. The highest BCUT2D eigenvalue weighted by molar-refractivity contribution is 6.42. The second kappa shape index (κ2) is 7.24. The number of carbonyl (C=O) groups is 1. The van der Waals surface area contributed by atoms with Gasteiger partial charge in [-0.3, -0.25) is 4.79 Å². The first-order valence-electron chi connectivity index (χ1n) is 9.55. The molecule has 0 spiro atoms. The Labute approximate surface area is 177 Å². The molecule has 2 aromatic rings. The van der Waals surface area contributed by atoms with Crippen LogP contribution < -0.4 is 0 Å². The van der Waals surface area contributed by atoms with Gasteiger partial charge >= 0.3 is 0 Å². The van der Waals surface area contributed by atoms with Gasteiger partial charge in [0.15, 0.2) is 5.78 Å². The van der Waals surface area contributed by atoms with Crippen molar-refractivity contribution in [2.24, 2.45) is 10.8 Å². The Morgan fingerprint density at radius 1 is 0.929 bits per heavy atom. The van der Waals surface area contributed by atoms with Gasteiger partial charge in [-0.2, -0.15) is 0 Å². The number of carbonyl (C=O) groups excluding carboxylic acids is 1. The summed E-state index contributed by atoms with van der Waals surface area (Å²) in [5, 5.41) is 12.0. The molecule has 0 radical (unpaired) electrons. The lowest BCUT2D eigenvalue weighted by Gasteiger charge is -2.40. The van der Waals surface area contributed by atoms with Crippen molar-refractivity contribution >= 4 is 34.6 Å². The van der Waals surface area contributed by atoms with E-state index in [0.717, 1.165) is 28.7 Å². The molecule has 0 saturated carbocycles. The molecule has 0 unspecified atom stereocenters. The normalized spacial score (nSPS) is 18.5. The van der Waals surface area contributed by atoms with Crippen LogP contribution in [0.25, 0.3) is 16.7 Å². The Balaban J connectivity index is 2.25. The minimum Gasteiger partial charge on any atom is -0.511 e. The van der Waals surface area contributed by atoms with Gasteiger partial charge in [0, 0.05) is 10.8 Å². The zero-order valence-corrected chi connectivity index (χ0v) is 18.5. The Kier molecular flexibility index (Phi) is 5.42. The quantitative estimate of drug-likeness (QED) is 0.561. The number of aryl methyl sites for hydroxylation is 1. The van der Waals surface area contributed by atoms with E-state index in [0.29, 0.717) is 22.0 Å². The van der Waals surface area contributed by atoms with Crippen LogP contribution in [0.1, 0.15) is 52.2 Å². The molecule has 2 nitrogen and oxygen atoms in total. The summed E-state index contributed by atoms with van der Waals surface area (Å²) >= 11 is 12.2. The van der Waals surface area contributed by atoms with Crippen LogP contribution in [0.4, 0.5) is 0 Å². The van der Waals surface area contributed by atoms with E-state index in [9.17, 15) is 9.90 Å². The number of aliphatic hydroxyl groups excluding tert-OH is 1. The lowest BCUT2D eigenvalue weighted by Crippen LogP contribution is -2.38. The molecule has 0 amide bonds. The highest BCUT2D eigenvalue weighted by atomic mass is 35.5. The van der Waals surface area contributed by atoms with Crippen LogP contribution >= 0.6 is 23.2 Å². The van der Waals surface area contributed by atoms with Crippen molar-refractivity contribution in [1.29, 1.82) is 0 Å². The van der Waals surface area contributed by atoms with Gasteiger partial charge in [-0.1, -0.05) is 76.0 Å². The minimum absolute atomic E-state index is 0.00897. The molecule has 3 rings (SSSR count). The predicted octanol–water partition coefficient (Wildman–Crippen LogP) is 7.52. The summed E-state index contributed by atoms with van der Waals surface area (Å²) in [6.45, 7) is 9.95. The first kappa shape index (κ1) is 21.0. The van der Waals surface area contributed by atoms with Crippen LogP contribution in [0, 0.1) is 10.8 Å². The number of halogens is 2. The monoisotopic (exact) mass is 416 g/mol. The van der Waals surface area contributed by atoms with Crippen LogP contribution in [0.15, 0.2) is 42.2 Å². The minimum atomic E-state index is -0.532. The molecule has 0 aliphatic heterocycles. The Bertz CT molecular complexity index is 984. The molecular formula is C24H26Cl2O2. The van der Waals surface area contributed by atoms with E-state index in [1.165, 1.54) is 0 Å². The van der Waals surface area contributed by atoms with Crippen molar-refractivity contribution in [2.75, 3.05) is 0 Å². The summed E-state index contributed by atoms with van der Waals surface area (Å²) in [6.07, 6.45) is 1.38. The fraction of sp³-hybridized carbons (Fsp3) is 0.375. The Morgan fingerprint density at radius 2 is 1.54 bits per heavy atom. The van der Waals surface area contributed by atoms with E-state index in [1.54, 1.807) is 6.07 Å². The maximum atomic E-state index is 13.3. The van der Waals surface area contributed by atoms with Crippen molar-refractivity contribution < 1.29 is 9.90 Å². The van der Waals surface area contributed by atoms with Gasteiger partial charge in [0.1, 0.15) is 5.76 Å². The van der Waals surface area contributed by atoms with Gasteiger partial charge in [-0.05, 0) is 53.3 Å². The predicted molar refractivity (Wildman–Crippen MR) is 118 cm³/mol. The number of benzene rings is 2. The van der Waals surface area contributed by atoms with Crippen LogP contribution in [-0.2, 0) is 11.2 Å². The first-order chi connectivity index (χ1) is 13.0. The average molecular weight is 417 g/mol. The summed E-state index contributed by atoms with van der Waals surface area (Å²) < 4.78 is 0. The van der Waals surface area contributed by atoms with Gasteiger partial charge in [0.05, 0.1) is 15.6 Å². The largest absolute Gasteiger partial charge is 0.511 e. The van der Waals surface area contributed by atoms with E-state index in [4.69, 9.17) is 23.2 Å². The number of allylic oxidation sites excluding steroid dienone is 2. The molecule has 1 aliphatic rings. The SMILES string of the molecule is CCc1ccc(-c2ccc(Cl)c(Cl)c2)cc1C1=C(O)C(C)(C)CC(C)(C)C1=O. The van der Waals surface area contributed by atoms with Crippen LogP contribution in [0.3, 0.4) is 0 Å². The molecule has 2 aromatic carbocycles. The zero-order chi connectivity index (χ0) is 20.9. The highest BCUT2D eigenvalue weighted by Gasteiger charge is 2.46. The zero-order valence-electron chi connectivity index (χ0n) is 17.0. The van der Waals surface area contributed by atoms with E-state index < -0.39 is 10.8 Å². The van der Waals surface area contributed by atoms with Crippen LogP contribution in [-0.4, -0.2) is 10.9 Å². The number of hydrogen-bond acceptors (Lipinski definition) is 2. The van der Waals surface area contributed by atoms with Gasteiger partial charge in [-0.15, -0.1) is 0 Å². The number of Topliss-reactive ketones (excluding diaryl/α,β-unsaturated/α-hetero) is 1. The fourth-order valence-electron chi connectivity index (χ4n) is 4.28. The molecule has 148 valence electrons. The third-order valence-electron chi connectivity index (χ3n) is 5.62. The third kappa shape index (κ3) is 3.60. The van der Waals surface area contributed by atoms with Crippen molar-refractivity contribution in [3.63, 3.8) is 0 Å². The lowest BCUT2D eigenvalue weighted by molar-refractivity contribution is -0.124. The van der Waals surface area contributed by atoms with Gasteiger partial charge in [0.2, 0.25) is 0 Å². The first-order valence-corrected chi connectivity index (χ1v) is 10.3. The fourth-order valence-corrected chi connectivity index (χ4v) is 4.57. The molecule has 0 heterocycles. The Morgan fingerprint density at radius 3 is 2.14 bits per heavy atom. The number of aliphatic hydroxyl groups is 1. The lowest BCUT2D eigenvalue weighted by atomic mass is 9.63. The van der Waals surface area contributed by atoms with Gasteiger partial charge in [-0.25, -0.2) is 0 Å². The molecule has 0 atom stereocenters. The van der Waals surface area contributed by atoms with Gasteiger partial charge < -0.3 is 5.11 Å². The van der Waals surface area contributed by atoms with Crippen molar-refractivity contribution in [2.45, 2.75) is 47.5 Å². The molecular weight excluding hydrogens is 391 g/mol. The molecule has 0 fully saturated rings. The maximum absolute atomic E-state index is 13.3. The molecule has 28 heavy (non-hydrogen) atoms. The highest BCUT2D eigenvalue weighted by Crippen LogP contribution is 2.49. The maximum Gasteiger partial charge on any atom is 0.172 e. The smallest absolute Gasteiger partial charge is 0.172 e. The number of hydrogen-bond donors (Lipinski definition) is 1. The van der Waals surface area contributed by atoms with E-state index in [-0.39, 0.29) is 11.5 Å². The third-order valence-corrected chi connectivity index (χ3v) is 6.36. The number of ketones is 1. The second-order valence-electron chi connectivity index (χ2n) is 8.85. The standard InChI is InChI=1S/C24H26Cl2O2/c1-6-14-7-8-15(16-9-10-18(25)19(26)12-16)11-17(14)20-21(27)23(2,3)13-24(4,5)22(20)28/h7-12,27H,6,13H2,1-5H3. The molecule has 0 bridgehead atoms. The van der Waals surface area contributed by atoms with Gasteiger partial charge in [0.25, 0.3) is 0 Å². The van der Waals surface area contributed by atoms with Crippen molar-refractivity contribution in [3.8, 4) is 11.1 Å². The molecule has 4 heteroatoms. The van der Waals surface area contributed by atoms with E-state index >= 15 is 0 Å². The summed E-state index contributed by atoms with van der Waals surface area (Å²) in [6, 6.07) is 11.5. The summed E-state index contributed by atoms with van der Waals surface area (Å²) in [4.78, 5) is 13.3. The van der Waals surface area contributed by atoms with E-state index in [2.05, 4.69) is 6.92 Å². The molecule has 0 aromatic heterocycles. The summed E-state index contributed by atoms with van der Waals surface area (Å²) in [7, 11) is 0. The van der Waals surface area contributed by atoms with Crippen molar-refractivity contribution in [1.82, 2.24) is 0 Å². The summed E-state index contributed by atoms with van der Waals surface area (Å²) in [5.74, 6) is 0.170. The molecule has 1 N–H and O–H groups in total. The number of rotatable bonds is 3.